The van der Waals surface area contributed by atoms with E-state index in [-0.39, 0.29) is 11.5 Å². The molecular weight excluding hydrogens is 264 g/mol. The number of hydrogen-bond donors (Lipinski definition) is 1. The smallest absolute Gasteiger partial charge is 0.254 e. The van der Waals surface area contributed by atoms with Gasteiger partial charge in [-0.1, -0.05) is 13.8 Å². The minimum Gasteiger partial charge on any atom is -0.496 e. The lowest BCUT2D eigenvalue weighted by atomic mass is 9.99. The number of aryl methyl sites for hydroxylation is 2. The molecule has 112 valence electrons. The van der Waals surface area contributed by atoms with Crippen LogP contribution in [-0.4, -0.2) is 17.1 Å². The van der Waals surface area contributed by atoms with Crippen LogP contribution < -0.4 is 10.3 Å². The largest absolute Gasteiger partial charge is 0.496 e. The van der Waals surface area contributed by atoms with Gasteiger partial charge in [-0.05, 0) is 44.0 Å². The van der Waals surface area contributed by atoms with Crippen LogP contribution >= 0.6 is 0 Å². The van der Waals surface area contributed by atoms with E-state index in [1.54, 1.807) is 7.11 Å². The normalized spacial score (nSPS) is 11.0. The Labute approximate surface area is 125 Å². The van der Waals surface area contributed by atoms with Gasteiger partial charge in [-0.15, -0.1) is 0 Å². The topological polar surface area (TPSA) is 55.0 Å². The summed E-state index contributed by atoms with van der Waals surface area (Å²) in [5.41, 5.74) is 4.40. The van der Waals surface area contributed by atoms with Crippen molar-refractivity contribution in [3.8, 4) is 17.0 Å². The third kappa shape index (κ3) is 2.84. The molecule has 0 amide bonds. The van der Waals surface area contributed by atoms with E-state index < -0.39 is 0 Å². The highest BCUT2D eigenvalue weighted by Crippen LogP contribution is 2.30. The monoisotopic (exact) mass is 286 g/mol. The SMILES string of the molecule is COc1cc(C)c(-c2nc(C(C)C)[nH]c(=O)c2C)cc1C. The molecule has 0 aliphatic carbocycles. The molecule has 2 rings (SSSR count). The van der Waals surface area contributed by atoms with Crippen molar-refractivity contribution in [1.82, 2.24) is 9.97 Å². The third-order valence-corrected chi connectivity index (χ3v) is 3.71. The molecule has 4 heteroatoms. The number of aromatic amines is 1. The fourth-order valence-corrected chi connectivity index (χ4v) is 2.35. The molecule has 0 radical (unpaired) electrons. The molecule has 21 heavy (non-hydrogen) atoms. The van der Waals surface area contributed by atoms with E-state index in [2.05, 4.69) is 9.97 Å². The number of ether oxygens (including phenoxy) is 1. The van der Waals surface area contributed by atoms with E-state index in [0.29, 0.717) is 11.4 Å². The summed E-state index contributed by atoms with van der Waals surface area (Å²) < 4.78 is 5.34. The molecule has 0 fully saturated rings. The van der Waals surface area contributed by atoms with Crippen LogP contribution in [0, 0.1) is 20.8 Å². The van der Waals surface area contributed by atoms with Crippen molar-refractivity contribution in [3.05, 3.63) is 45.0 Å². The van der Waals surface area contributed by atoms with E-state index in [9.17, 15) is 4.79 Å². The van der Waals surface area contributed by atoms with Gasteiger partial charge in [0, 0.05) is 17.0 Å². The van der Waals surface area contributed by atoms with E-state index in [1.165, 1.54) is 0 Å². The molecular formula is C17H22N2O2. The van der Waals surface area contributed by atoms with Crippen LogP contribution in [0.1, 0.15) is 42.3 Å². The fourth-order valence-electron chi connectivity index (χ4n) is 2.35. The van der Waals surface area contributed by atoms with E-state index >= 15 is 0 Å². The van der Waals surface area contributed by atoms with Gasteiger partial charge in [0.1, 0.15) is 11.6 Å². The third-order valence-electron chi connectivity index (χ3n) is 3.71. The predicted octanol–water partition coefficient (Wildman–Crippen LogP) is 3.49. The van der Waals surface area contributed by atoms with Gasteiger partial charge >= 0.3 is 0 Å². The van der Waals surface area contributed by atoms with Gasteiger partial charge < -0.3 is 9.72 Å². The van der Waals surface area contributed by atoms with Crippen molar-refractivity contribution in [2.45, 2.75) is 40.5 Å². The Morgan fingerprint density at radius 2 is 1.81 bits per heavy atom. The highest BCUT2D eigenvalue weighted by Gasteiger charge is 2.15. The number of nitrogens with zero attached hydrogens (tertiary/aromatic N) is 1. The number of methoxy groups -OCH3 is 1. The Kier molecular flexibility index (Phi) is 4.16. The zero-order valence-electron chi connectivity index (χ0n) is 13.5. The summed E-state index contributed by atoms with van der Waals surface area (Å²) in [5, 5.41) is 0. The Balaban J connectivity index is 2.72. The van der Waals surface area contributed by atoms with Crippen LogP contribution in [0.4, 0.5) is 0 Å². The molecule has 0 aliphatic rings. The molecule has 0 saturated heterocycles. The number of benzene rings is 1. The Bertz CT molecular complexity index is 730. The summed E-state index contributed by atoms with van der Waals surface area (Å²) in [6.07, 6.45) is 0. The standard InChI is InChI=1S/C17H22N2O2/c1-9(2)16-18-15(12(5)17(20)19-16)13-7-11(4)14(21-6)8-10(13)3/h7-9H,1-6H3,(H,18,19,20). The molecule has 1 aromatic carbocycles. The first-order valence-corrected chi connectivity index (χ1v) is 7.11. The summed E-state index contributed by atoms with van der Waals surface area (Å²) in [7, 11) is 1.66. The number of hydrogen-bond acceptors (Lipinski definition) is 3. The van der Waals surface area contributed by atoms with Crippen LogP contribution in [-0.2, 0) is 0 Å². The second-order valence-electron chi connectivity index (χ2n) is 5.72. The van der Waals surface area contributed by atoms with Crippen molar-refractivity contribution in [3.63, 3.8) is 0 Å². The highest BCUT2D eigenvalue weighted by molar-refractivity contribution is 5.68. The number of rotatable bonds is 3. The minimum absolute atomic E-state index is 0.0726. The van der Waals surface area contributed by atoms with E-state index in [4.69, 9.17) is 4.74 Å². The second kappa shape index (κ2) is 5.72. The quantitative estimate of drug-likeness (QED) is 0.939. The highest BCUT2D eigenvalue weighted by atomic mass is 16.5. The van der Waals surface area contributed by atoms with Crippen LogP contribution in [0.5, 0.6) is 5.75 Å². The maximum Gasteiger partial charge on any atom is 0.254 e. The lowest BCUT2D eigenvalue weighted by Crippen LogP contribution is -2.17. The van der Waals surface area contributed by atoms with Crippen LogP contribution in [0.2, 0.25) is 0 Å². The summed E-state index contributed by atoms with van der Waals surface area (Å²) in [4.78, 5) is 19.7. The number of aromatic nitrogens is 2. The van der Waals surface area contributed by atoms with Crippen LogP contribution in [0.3, 0.4) is 0 Å². The van der Waals surface area contributed by atoms with Crippen molar-refractivity contribution in [2.75, 3.05) is 7.11 Å². The van der Waals surface area contributed by atoms with Crippen LogP contribution in [0.25, 0.3) is 11.3 Å². The Morgan fingerprint density at radius 3 is 2.38 bits per heavy atom. The zero-order valence-corrected chi connectivity index (χ0v) is 13.5. The summed E-state index contributed by atoms with van der Waals surface area (Å²) in [5.74, 6) is 1.74. The van der Waals surface area contributed by atoms with Crippen LogP contribution in [0.15, 0.2) is 16.9 Å². The lowest BCUT2D eigenvalue weighted by molar-refractivity contribution is 0.411. The molecule has 0 spiro atoms. The number of H-pyrrole nitrogens is 1. The molecule has 4 nitrogen and oxygen atoms in total. The Hall–Kier alpha value is -2.10. The molecule has 1 aromatic heterocycles. The first kappa shape index (κ1) is 15.3. The molecule has 0 bridgehead atoms. The summed E-state index contributed by atoms with van der Waals surface area (Å²) in [6.45, 7) is 9.85. The molecule has 0 atom stereocenters. The second-order valence-corrected chi connectivity index (χ2v) is 5.72. The van der Waals surface area contributed by atoms with Gasteiger partial charge in [-0.3, -0.25) is 4.79 Å². The van der Waals surface area contributed by atoms with E-state index in [1.807, 2.05) is 46.8 Å². The average molecular weight is 286 g/mol. The van der Waals surface area contributed by atoms with Gasteiger partial charge in [0.25, 0.3) is 5.56 Å². The van der Waals surface area contributed by atoms with Gasteiger partial charge in [-0.25, -0.2) is 4.98 Å². The molecule has 0 aliphatic heterocycles. The molecule has 0 unspecified atom stereocenters. The first-order chi connectivity index (χ1) is 9.85. The maximum absolute atomic E-state index is 12.1. The molecule has 0 saturated carbocycles. The predicted molar refractivity (Wildman–Crippen MR) is 85.1 cm³/mol. The Morgan fingerprint density at radius 1 is 1.14 bits per heavy atom. The van der Waals surface area contributed by atoms with Crippen molar-refractivity contribution < 1.29 is 4.74 Å². The van der Waals surface area contributed by atoms with Gasteiger partial charge in [-0.2, -0.15) is 0 Å². The summed E-state index contributed by atoms with van der Waals surface area (Å²) in [6, 6.07) is 4.02. The minimum atomic E-state index is -0.0726. The first-order valence-electron chi connectivity index (χ1n) is 7.11. The maximum atomic E-state index is 12.1. The van der Waals surface area contributed by atoms with Crippen molar-refractivity contribution in [2.24, 2.45) is 0 Å². The fraction of sp³-hybridized carbons (Fsp3) is 0.412. The van der Waals surface area contributed by atoms with Gasteiger partial charge in [0.15, 0.2) is 0 Å². The van der Waals surface area contributed by atoms with Crippen molar-refractivity contribution in [1.29, 1.82) is 0 Å². The zero-order chi connectivity index (χ0) is 15.7. The molecule has 1 heterocycles. The molecule has 1 N–H and O–H groups in total. The van der Waals surface area contributed by atoms with Gasteiger partial charge in [0.2, 0.25) is 0 Å². The lowest BCUT2D eigenvalue weighted by Gasteiger charge is -2.14. The van der Waals surface area contributed by atoms with Gasteiger partial charge in [0.05, 0.1) is 12.8 Å². The van der Waals surface area contributed by atoms with Crippen molar-refractivity contribution >= 4 is 0 Å². The number of nitrogens with one attached hydrogen (secondary N) is 1. The summed E-state index contributed by atoms with van der Waals surface area (Å²) >= 11 is 0. The molecule has 2 aromatic rings. The average Bonchev–Trinajstić information content (AvgIpc) is 2.43. The van der Waals surface area contributed by atoms with E-state index in [0.717, 1.165) is 28.1 Å².